The minimum absolute atomic E-state index is 0.268. The Morgan fingerprint density at radius 2 is 1.62 bits per heavy atom. The van der Waals surface area contributed by atoms with E-state index in [-0.39, 0.29) is 5.82 Å². The Morgan fingerprint density at radius 3 is 2.42 bits per heavy atom. The van der Waals surface area contributed by atoms with E-state index in [1.165, 1.54) is 11.6 Å². The maximum Gasteiger partial charge on any atom is 0.137 e. The molecule has 0 bridgehead atoms. The zero-order valence-electron chi connectivity index (χ0n) is 26.0. The molecule has 224 valence electrons. The molecule has 3 heterocycles. The van der Waals surface area contributed by atoms with Gasteiger partial charge in [0.2, 0.25) is 0 Å². The number of pyridine rings is 1. The van der Waals surface area contributed by atoms with Gasteiger partial charge in [-0.2, -0.15) is 5.10 Å². The number of hydrogen-bond acceptors (Lipinski definition) is 3. The Labute approximate surface area is 262 Å². The first kappa shape index (κ1) is 28.5. The summed E-state index contributed by atoms with van der Waals surface area (Å²) in [4.78, 5) is 4.66. The zero-order chi connectivity index (χ0) is 31.1. The fourth-order valence-corrected chi connectivity index (χ4v) is 6.33. The van der Waals surface area contributed by atoms with Crippen LogP contribution in [0.4, 0.5) is 4.39 Å². The van der Waals surface area contributed by atoms with Crippen LogP contribution >= 0.6 is 0 Å². The first-order valence-electron chi connectivity index (χ1n) is 15.5. The third-order valence-corrected chi connectivity index (χ3v) is 8.43. The SMILES string of the molecule is CCCCc1cc(Oc2ccc3c4cc(F)ccc4n(-c4cc(C)ccn4)c3c2)cc(-n2nc(C)c(-c3ccccc3)c2C)c1. The number of unbranched alkanes of at least 4 members (excludes halogenated alkanes) is 1. The molecule has 6 heteroatoms. The second kappa shape index (κ2) is 11.7. The van der Waals surface area contributed by atoms with Crippen molar-refractivity contribution in [2.75, 3.05) is 0 Å². The first-order chi connectivity index (χ1) is 21.9. The van der Waals surface area contributed by atoms with Gasteiger partial charge in [-0.15, -0.1) is 0 Å². The van der Waals surface area contributed by atoms with Crippen LogP contribution < -0.4 is 4.74 Å². The Hall–Kier alpha value is -5.23. The van der Waals surface area contributed by atoms with Crippen molar-refractivity contribution in [2.45, 2.75) is 47.0 Å². The quantitative estimate of drug-likeness (QED) is 0.176. The lowest BCUT2D eigenvalue weighted by atomic mass is 10.0. The second-order valence-electron chi connectivity index (χ2n) is 11.7. The first-order valence-corrected chi connectivity index (χ1v) is 15.5. The normalized spacial score (nSPS) is 11.5. The number of rotatable bonds is 8. The Kier molecular flexibility index (Phi) is 7.42. The summed E-state index contributed by atoms with van der Waals surface area (Å²) in [7, 11) is 0. The van der Waals surface area contributed by atoms with E-state index in [1.54, 1.807) is 12.3 Å². The van der Waals surface area contributed by atoms with Crippen LogP contribution in [0, 0.1) is 26.6 Å². The monoisotopic (exact) mass is 594 g/mol. The third kappa shape index (κ3) is 5.37. The van der Waals surface area contributed by atoms with Crippen LogP contribution in [0.1, 0.15) is 42.3 Å². The average Bonchev–Trinajstić information content (AvgIpc) is 3.52. The van der Waals surface area contributed by atoms with Crippen molar-refractivity contribution >= 4 is 21.8 Å². The summed E-state index contributed by atoms with van der Waals surface area (Å²) in [6, 6.07) is 31.7. The molecule has 0 saturated carbocycles. The van der Waals surface area contributed by atoms with Gasteiger partial charge in [0.15, 0.2) is 0 Å². The van der Waals surface area contributed by atoms with E-state index in [1.807, 2.05) is 54.1 Å². The van der Waals surface area contributed by atoms with Crippen molar-refractivity contribution in [1.82, 2.24) is 19.3 Å². The average molecular weight is 595 g/mol. The molecule has 0 N–H and O–H groups in total. The fourth-order valence-electron chi connectivity index (χ4n) is 6.33. The Bertz CT molecular complexity index is 2180. The van der Waals surface area contributed by atoms with E-state index in [9.17, 15) is 4.39 Å². The van der Waals surface area contributed by atoms with Crippen molar-refractivity contribution in [1.29, 1.82) is 0 Å². The maximum absolute atomic E-state index is 14.4. The van der Waals surface area contributed by atoms with Gasteiger partial charge in [0.25, 0.3) is 0 Å². The topological polar surface area (TPSA) is 44.9 Å². The minimum Gasteiger partial charge on any atom is -0.457 e. The van der Waals surface area contributed by atoms with Gasteiger partial charge in [0, 0.05) is 40.4 Å². The number of fused-ring (bicyclic) bond motifs is 3. The highest BCUT2D eigenvalue weighted by atomic mass is 19.1. The van der Waals surface area contributed by atoms with Gasteiger partial charge in [-0.05, 0) is 105 Å². The molecule has 0 radical (unpaired) electrons. The number of halogens is 1. The van der Waals surface area contributed by atoms with Crippen LogP contribution in [0.3, 0.4) is 0 Å². The number of hydrogen-bond donors (Lipinski definition) is 0. The number of nitrogens with zero attached hydrogens (tertiary/aromatic N) is 4. The number of aromatic nitrogens is 4. The van der Waals surface area contributed by atoms with Crippen molar-refractivity contribution < 1.29 is 9.13 Å². The number of benzene rings is 4. The van der Waals surface area contributed by atoms with E-state index in [0.29, 0.717) is 5.75 Å². The summed E-state index contributed by atoms with van der Waals surface area (Å²) in [6.07, 6.45) is 4.94. The van der Waals surface area contributed by atoms with Gasteiger partial charge >= 0.3 is 0 Å². The Balaban J connectivity index is 1.34. The van der Waals surface area contributed by atoms with Gasteiger partial charge in [0.05, 0.1) is 22.4 Å². The predicted molar refractivity (Wildman–Crippen MR) is 180 cm³/mol. The molecule has 0 aliphatic heterocycles. The molecule has 4 aromatic carbocycles. The summed E-state index contributed by atoms with van der Waals surface area (Å²) in [5.41, 5.74) is 9.44. The zero-order valence-corrected chi connectivity index (χ0v) is 26.0. The molecule has 0 aliphatic rings. The van der Waals surface area contributed by atoms with Crippen molar-refractivity contribution in [2.24, 2.45) is 0 Å². The van der Waals surface area contributed by atoms with E-state index >= 15 is 0 Å². The van der Waals surface area contributed by atoms with E-state index < -0.39 is 0 Å². The summed E-state index contributed by atoms with van der Waals surface area (Å²) < 4.78 is 25.1. The van der Waals surface area contributed by atoms with Gasteiger partial charge in [0.1, 0.15) is 23.1 Å². The summed E-state index contributed by atoms with van der Waals surface area (Å²) >= 11 is 0. The summed E-state index contributed by atoms with van der Waals surface area (Å²) in [5.74, 6) is 1.95. The number of ether oxygens (including phenoxy) is 1. The van der Waals surface area contributed by atoms with E-state index in [0.717, 1.165) is 86.4 Å². The second-order valence-corrected chi connectivity index (χ2v) is 11.7. The smallest absolute Gasteiger partial charge is 0.137 e. The lowest BCUT2D eigenvalue weighted by Crippen LogP contribution is -2.02. The highest BCUT2D eigenvalue weighted by Gasteiger charge is 2.18. The molecule has 7 aromatic rings. The lowest BCUT2D eigenvalue weighted by Gasteiger charge is -2.13. The molecule has 0 spiro atoms. The predicted octanol–water partition coefficient (Wildman–Crippen LogP) is 10.2. The van der Waals surface area contributed by atoms with E-state index in [2.05, 4.69) is 72.8 Å². The molecule has 0 atom stereocenters. The Morgan fingerprint density at radius 1 is 0.778 bits per heavy atom. The largest absolute Gasteiger partial charge is 0.457 e. The van der Waals surface area contributed by atoms with Crippen LogP contribution in [0.2, 0.25) is 0 Å². The van der Waals surface area contributed by atoms with Crippen molar-refractivity contribution in [3.63, 3.8) is 0 Å². The third-order valence-electron chi connectivity index (χ3n) is 8.43. The molecular weight excluding hydrogens is 559 g/mol. The summed E-state index contributed by atoms with van der Waals surface area (Å²) in [5, 5.41) is 6.75. The van der Waals surface area contributed by atoms with Crippen LogP contribution in [-0.2, 0) is 6.42 Å². The molecule has 0 saturated heterocycles. The molecule has 45 heavy (non-hydrogen) atoms. The van der Waals surface area contributed by atoms with Gasteiger partial charge in [-0.3, -0.25) is 4.57 Å². The number of aryl methyl sites for hydroxylation is 3. The molecule has 7 rings (SSSR count). The van der Waals surface area contributed by atoms with Gasteiger partial charge in [-0.25, -0.2) is 14.1 Å². The fraction of sp³-hybridized carbons (Fsp3) is 0.179. The van der Waals surface area contributed by atoms with Gasteiger partial charge < -0.3 is 4.74 Å². The molecule has 0 fully saturated rings. The molecule has 3 aromatic heterocycles. The molecule has 5 nitrogen and oxygen atoms in total. The molecule has 0 amide bonds. The van der Waals surface area contributed by atoms with Gasteiger partial charge in [-0.1, -0.05) is 43.7 Å². The van der Waals surface area contributed by atoms with Crippen molar-refractivity contribution in [3.8, 4) is 34.1 Å². The molecule has 0 unspecified atom stereocenters. The van der Waals surface area contributed by atoms with Crippen molar-refractivity contribution in [3.05, 3.63) is 132 Å². The van der Waals surface area contributed by atoms with Crippen LogP contribution in [0.15, 0.2) is 103 Å². The highest BCUT2D eigenvalue weighted by Crippen LogP contribution is 2.36. The molecule has 0 aliphatic carbocycles. The standard InChI is InChI=1S/C39H35FN4O/c1-5-6-10-28-20-31(44-27(4)39(26(3)42-44)29-11-8-7-9-12-29)23-33(21-28)45-32-14-15-34-35-22-30(40)13-16-36(35)43(37(34)24-32)38-19-25(2)17-18-41-38/h7-9,11-24H,5-6,10H2,1-4H3. The maximum atomic E-state index is 14.4. The highest BCUT2D eigenvalue weighted by molar-refractivity contribution is 6.09. The lowest BCUT2D eigenvalue weighted by molar-refractivity contribution is 0.482. The van der Waals surface area contributed by atoms with Crippen LogP contribution in [-0.4, -0.2) is 19.3 Å². The van der Waals surface area contributed by atoms with E-state index in [4.69, 9.17) is 9.84 Å². The molecular formula is C39H35FN4O. The van der Waals surface area contributed by atoms with Crippen LogP contribution in [0.5, 0.6) is 11.5 Å². The summed E-state index contributed by atoms with van der Waals surface area (Å²) in [6.45, 7) is 8.43. The minimum atomic E-state index is -0.268. The van der Waals surface area contributed by atoms with Crippen LogP contribution in [0.25, 0.3) is 44.4 Å².